The molecular formula is C18H21NO. The molecule has 0 heterocycles. The fraction of sp³-hybridized carbons (Fsp3) is 0.333. The third-order valence-corrected chi connectivity index (χ3v) is 4.07. The van der Waals surface area contributed by atoms with Crippen LogP contribution in [0.25, 0.3) is 0 Å². The molecule has 0 saturated carbocycles. The largest absolute Gasteiger partial charge is 0.496 e. The first kappa shape index (κ1) is 13.2. The second-order valence-electron chi connectivity index (χ2n) is 5.57. The minimum Gasteiger partial charge on any atom is -0.496 e. The number of rotatable bonds is 4. The van der Waals surface area contributed by atoms with Crippen molar-refractivity contribution < 1.29 is 4.74 Å². The fourth-order valence-corrected chi connectivity index (χ4v) is 3.00. The minimum atomic E-state index is 0.539. The van der Waals surface area contributed by atoms with Gasteiger partial charge in [0.2, 0.25) is 0 Å². The van der Waals surface area contributed by atoms with E-state index in [0.29, 0.717) is 6.04 Å². The smallest absolute Gasteiger partial charge is 0.123 e. The average molecular weight is 267 g/mol. The van der Waals surface area contributed by atoms with Crippen molar-refractivity contribution in [3.05, 3.63) is 64.7 Å². The molecule has 20 heavy (non-hydrogen) atoms. The zero-order valence-corrected chi connectivity index (χ0v) is 12.1. The zero-order chi connectivity index (χ0) is 13.9. The Morgan fingerprint density at radius 1 is 1.10 bits per heavy atom. The van der Waals surface area contributed by atoms with Crippen molar-refractivity contribution in [3.63, 3.8) is 0 Å². The van der Waals surface area contributed by atoms with E-state index in [2.05, 4.69) is 54.7 Å². The van der Waals surface area contributed by atoms with E-state index in [4.69, 9.17) is 4.74 Å². The molecule has 0 unspecified atom stereocenters. The Kier molecular flexibility index (Phi) is 3.75. The zero-order valence-electron chi connectivity index (χ0n) is 12.1. The van der Waals surface area contributed by atoms with Gasteiger partial charge in [-0.1, -0.05) is 42.0 Å². The third kappa shape index (κ3) is 2.70. The summed E-state index contributed by atoms with van der Waals surface area (Å²) in [4.78, 5) is 0. The Hall–Kier alpha value is -1.80. The molecule has 2 aromatic rings. The molecule has 0 saturated heterocycles. The maximum absolute atomic E-state index is 5.44. The van der Waals surface area contributed by atoms with Crippen LogP contribution in [-0.2, 0) is 19.4 Å². The minimum absolute atomic E-state index is 0.539. The molecule has 0 bridgehead atoms. The van der Waals surface area contributed by atoms with Gasteiger partial charge in [-0.3, -0.25) is 0 Å². The van der Waals surface area contributed by atoms with E-state index < -0.39 is 0 Å². The van der Waals surface area contributed by atoms with Crippen molar-refractivity contribution in [1.82, 2.24) is 5.32 Å². The number of benzene rings is 2. The van der Waals surface area contributed by atoms with Crippen LogP contribution >= 0.6 is 0 Å². The van der Waals surface area contributed by atoms with Gasteiger partial charge >= 0.3 is 0 Å². The molecule has 0 aliphatic heterocycles. The van der Waals surface area contributed by atoms with Gasteiger partial charge in [-0.15, -0.1) is 0 Å². The molecule has 104 valence electrons. The van der Waals surface area contributed by atoms with Crippen molar-refractivity contribution in [3.8, 4) is 5.75 Å². The number of hydrogen-bond acceptors (Lipinski definition) is 2. The van der Waals surface area contributed by atoms with Gasteiger partial charge in [0.05, 0.1) is 7.11 Å². The summed E-state index contributed by atoms with van der Waals surface area (Å²) in [5.74, 6) is 0.971. The van der Waals surface area contributed by atoms with Crippen molar-refractivity contribution in [2.45, 2.75) is 32.4 Å². The molecule has 0 aromatic heterocycles. The van der Waals surface area contributed by atoms with Crippen molar-refractivity contribution in [1.29, 1.82) is 0 Å². The van der Waals surface area contributed by atoms with Crippen LogP contribution in [0, 0.1) is 6.92 Å². The number of fused-ring (bicyclic) bond motifs is 1. The van der Waals surface area contributed by atoms with E-state index in [-0.39, 0.29) is 0 Å². The second-order valence-corrected chi connectivity index (χ2v) is 5.57. The van der Waals surface area contributed by atoms with Gasteiger partial charge in [0.25, 0.3) is 0 Å². The summed E-state index contributed by atoms with van der Waals surface area (Å²) in [5.41, 5.74) is 5.49. The topological polar surface area (TPSA) is 21.3 Å². The highest BCUT2D eigenvalue weighted by Crippen LogP contribution is 2.23. The summed E-state index contributed by atoms with van der Waals surface area (Å²) in [5, 5.41) is 3.67. The van der Waals surface area contributed by atoms with Crippen LogP contribution < -0.4 is 10.1 Å². The summed E-state index contributed by atoms with van der Waals surface area (Å²) in [6, 6.07) is 15.6. The van der Waals surface area contributed by atoms with Crippen LogP contribution in [0.2, 0.25) is 0 Å². The number of hydrogen-bond donors (Lipinski definition) is 1. The Balaban J connectivity index is 1.65. The first-order chi connectivity index (χ1) is 9.76. The lowest BCUT2D eigenvalue weighted by Gasteiger charge is -2.14. The molecule has 1 N–H and O–H groups in total. The molecular weight excluding hydrogens is 246 g/mol. The fourth-order valence-electron chi connectivity index (χ4n) is 3.00. The lowest BCUT2D eigenvalue weighted by molar-refractivity contribution is 0.405. The second kappa shape index (κ2) is 5.68. The van der Waals surface area contributed by atoms with Gasteiger partial charge in [0, 0.05) is 18.2 Å². The first-order valence-corrected chi connectivity index (χ1v) is 7.20. The molecule has 0 atom stereocenters. The number of ether oxygens (including phenoxy) is 1. The molecule has 1 aliphatic carbocycles. The van der Waals surface area contributed by atoms with Crippen molar-refractivity contribution in [2.24, 2.45) is 0 Å². The molecule has 2 heteroatoms. The first-order valence-electron chi connectivity index (χ1n) is 7.20. The van der Waals surface area contributed by atoms with Crippen molar-refractivity contribution >= 4 is 0 Å². The predicted octanol–water partition coefficient (Wildman–Crippen LogP) is 3.26. The van der Waals surface area contributed by atoms with E-state index in [1.165, 1.54) is 22.3 Å². The van der Waals surface area contributed by atoms with Gasteiger partial charge in [-0.05, 0) is 37.0 Å². The lowest BCUT2D eigenvalue weighted by atomic mass is 10.1. The summed E-state index contributed by atoms with van der Waals surface area (Å²) < 4.78 is 5.44. The Bertz CT molecular complexity index is 581. The van der Waals surface area contributed by atoms with E-state index in [0.717, 1.165) is 25.1 Å². The number of aryl methyl sites for hydroxylation is 1. The molecule has 0 fully saturated rings. The maximum atomic E-state index is 5.44. The van der Waals surface area contributed by atoms with Crippen LogP contribution in [0.1, 0.15) is 22.3 Å². The van der Waals surface area contributed by atoms with Gasteiger partial charge in [0.15, 0.2) is 0 Å². The Morgan fingerprint density at radius 3 is 2.45 bits per heavy atom. The standard InChI is InChI=1S/C18H21NO/c1-13-7-8-18(20-2)16(9-13)12-19-17-10-14-5-3-4-6-15(14)11-17/h3-9,17,19H,10-12H2,1-2H3. The van der Waals surface area contributed by atoms with Gasteiger partial charge in [-0.2, -0.15) is 0 Å². The average Bonchev–Trinajstić information content (AvgIpc) is 2.88. The summed E-state index contributed by atoms with van der Waals surface area (Å²) in [6.07, 6.45) is 2.26. The van der Waals surface area contributed by atoms with Crippen LogP contribution in [0.4, 0.5) is 0 Å². The van der Waals surface area contributed by atoms with Crippen LogP contribution in [0.3, 0.4) is 0 Å². The SMILES string of the molecule is COc1ccc(C)cc1CNC1Cc2ccccc2C1. The summed E-state index contributed by atoms with van der Waals surface area (Å²) >= 11 is 0. The normalized spacial score (nSPS) is 14.3. The van der Waals surface area contributed by atoms with Crippen LogP contribution in [-0.4, -0.2) is 13.2 Å². The van der Waals surface area contributed by atoms with E-state index in [1.807, 2.05) is 0 Å². The maximum Gasteiger partial charge on any atom is 0.123 e. The number of methoxy groups -OCH3 is 1. The highest BCUT2D eigenvalue weighted by atomic mass is 16.5. The number of nitrogens with one attached hydrogen (secondary N) is 1. The summed E-state index contributed by atoms with van der Waals surface area (Å²) in [6.45, 7) is 2.98. The summed E-state index contributed by atoms with van der Waals surface area (Å²) in [7, 11) is 1.74. The van der Waals surface area contributed by atoms with Gasteiger partial charge in [-0.25, -0.2) is 0 Å². The molecule has 2 nitrogen and oxygen atoms in total. The van der Waals surface area contributed by atoms with E-state index >= 15 is 0 Å². The molecule has 2 aromatic carbocycles. The van der Waals surface area contributed by atoms with Crippen LogP contribution in [0.15, 0.2) is 42.5 Å². The van der Waals surface area contributed by atoms with Gasteiger partial charge in [0.1, 0.15) is 5.75 Å². The van der Waals surface area contributed by atoms with Gasteiger partial charge < -0.3 is 10.1 Å². The third-order valence-electron chi connectivity index (χ3n) is 4.07. The Labute approximate surface area is 120 Å². The molecule has 1 aliphatic rings. The lowest BCUT2D eigenvalue weighted by Crippen LogP contribution is -2.29. The highest BCUT2D eigenvalue weighted by Gasteiger charge is 2.20. The van der Waals surface area contributed by atoms with E-state index in [1.54, 1.807) is 7.11 Å². The quantitative estimate of drug-likeness (QED) is 0.918. The Morgan fingerprint density at radius 2 is 1.80 bits per heavy atom. The predicted molar refractivity (Wildman–Crippen MR) is 82.2 cm³/mol. The molecule has 0 spiro atoms. The van der Waals surface area contributed by atoms with Crippen molar-refractivity contribution in [2.75, 3.05) is 7.11 Å². The molecule has 0 amide bonds. The van der Waals surface area contributed by atoms with Crippen LogP contribution in [0.5, 0.6) is 5.75 Å². The monoisotopic (exact) mass is 267 g/mol. The molecule has 3 rings (SSSR count). The highest BCUT2D eigenvalue weighted by molar-refractivity contribution is 5.37. The molecule has 0 radical (unpaired) electrons. The van der Waals surface area contributed by atoms with E-state index in [9.17, 15) is 0 Å².